The summed E-state index contributed by atoms with van der Waals surface area (Å²) < 4.78 is 26.8. The van der Waals surface area contributed by atoms with E-state index in [0.717, 1.165) is 11.0 Å². The molecule has 1 aromatic heterocycles. The lowest BCUT2D eigenvalue weighted by molar-refractivity contribution is -0.115. The number of benzene rings is 2. The number of carbonyl (C=O) groups is 1. The van der Waals surface area contributed by atoms with Crippen LogP contribution in [-0.4, -0.2) is 35.6 Å². The van der Waals surface area contributed by atoms with E-state index in [4.69, 9.17) is 0 Å². The first-order valence-electron chi connectivity index (χ1n) is 8.79. The Kier molecular flexibility index (Phi) is 6.07. The Labute approximate surface area is 168 Å². The molecule has 0 bridgehead atoms. The number of hydrogen-bond donors (Lipinski definition) is 3. The summed E-state index contributed by atoms with van der Waals surface area (Å²) in [5.74, 6) is -0.193. The normalized spacial score (nSPS) is 13.0. The van der Waals surface area contributed by atoms with Gasteiger partial charge in [0.2, 0.25) is 15.9 Å². The minimum Gasteiger partial charge on any atom is -0.333 e. The van der Waals surface area contributed by atoms with E-state index in [2.05, 4.69) is 20.0 Å². The van der Waals surface area contributed by atoms with Crippen molar-refractivity contribution in [1.82, 2.24) is 14.7 Å². The number of amides is 1. The maximum absolute atomic E-state index is 12.5. The first kappa shape index (κ1) is 20.4. The number of aromatic nitrogens is 2. The fraction of sp³-hybridized carbons (Fsp3) is 0.263. The van der Waals surface area contributed by atoms with E-state index in [-0.39, 0.29) is 22.1 Å². The Hall–Kier alpha value is -2.36. The summed E-state index contributed by atoms with van der Waals surface area (Å²) in [6, 6.07) is 13.6. The molecule has 28 heavy (non-hydrogen) atoms. The molecule has 1 heterocycles. The van der Waals surface area contributed by atoms with Gasteiger partial charge in [0.1, 0.15) is 0 Å². The number of thioether (sulfide) groups is 1. The van der Waals surface area contributed by atoms with Crippen LogP contribution in [0.4, 0.5) is 5.69 Å². The van der Waals surface area contributed by atoms with Gasteiger partial charge in [0.05, 0.1) is 21.2 Å². The minimum atomic E-state index is -3.55. The lowest BCUT2D eigenvalue weighted by Gasteiger charge is -2.12. The number of para-hydroxylation sites is 2. The van der Waals surface area contributed by atoms with Gasteiger partial charge in [-0.3, -0.25) is 4.79 Å². The molecule has 0 saturated heterocycles. The summed E-state index contributed by atoms with van der Waals surface area (Å²) in [6.07, 6.45) is 0. The van der Waals surface area contributed by atoms with Crippen molar-refractivity contribution in [3.8, 4) is 0 Å². The molecule has 0 aliphatic carbocycles. The van der Waals surface area contributed by atoms with Crippen LogP contribution in [0.2, 0.25) is 0 Å². The smallest absolute Gasteiger partial charge is 0.240 e. The third-order valence-corrected chi connectivity index (χ3v) is 6.51. The van der Waals surface area contributed by atoms with Gasteiger partial charge in [-0.15, -0.1) is 0 Å². The van der Waals surface area contributed by atoms with Gasteiger partial charge < -0.3 is 10.3 Å². The summed E-state index contributed by atoms with van der Waals surface area (Å²) in [5.41, 5.74) is 2.30. The highest BCUT2D eigenvalue weighted by atomic mass is 32.2. The molecule has 9 heteroatoms. The Morgan fingerprint density at radius 1 is 1.07 bits per heavy atom. The second-order valence-electron chi connectivity index (χ2n) is 6.61. The lowest BCUT2D eigenvalue weighted by atomic mass is 10.3. The zero-order valence-electron chi connectivity index (χ0n) is 15.8. The molecule has 1 amide bonds. The number of carbonyl (C=O) groups excluding carboxylic acids is 1. The standard InChI is InChI=1S/C19H22N4O3S2/c1-12(2)23-28(25,26)15-10-8-14(9-11-15)20-18(24)13(3)27-19-21-16-6-4-5-7-17(16)22-19/h4-13,23H,1-3H3,(H,20,24)(H,21,22). The monoisotopic (exact) mass is 418 g/mol. The van der Waals surface area contributed by atoms with Gasteiger partial charge in [-0.2, -0.15) is 0 Å². The topological polar surface area (TPSA) is 104 Å². The van der Waals surface area contributed by atoms with Crippen molar-refractivity contribution in [2.75, 3.05) is 5.32 Å². The zero-order chi connectivity index (χ0) is 20.3. The van der Waals surface area contributed by atoms with E-state index >= 15 is 0 Å². The van der Waals surface area contributed by atoms with Crippen LogP contribution in [0.25, 0.3) is 11.0 Å². The Bertz CT molecular complexity index is 1040. The van der Waals surface area contributed by atoms with Crippen molar-refractivity contribution in [3.05, 3.63) is 48.5 Å². The first-order valence-corrected chi connectivity index (χ1v) is 11.2. The fourth-order valence-electron chi connectivity index (χ4n) is 2.55. The number of aromatic amines is 1. The van der Waals surface area contributed by atoms with Crippen molar-refractivity contribution in [1.29, 1.82) is 0 Å². The van der Waals surface area contributed by atoms with E-state index in [0.29, 0.717) is 10.8 Å². The van der Waals surface area contributed by atoms with Gasteiger partial charge >= 0.3 is 0 Å². The number of rotatable bonds is 7. The highest BCUT2D eigenvalue weighted by Gasteiger charge is 2.18. The molecule has 0 radical (unpaired) electrons. The molecule has 0 spiro atoms. The van der Waals surface area contributed by atoms with Crippen LogP contribution in [0.15, 0.2) is 58.6 Å². The van der Waals surface area contributed by atoms with Crippen molar-refractivity contribution in [3.63, 3.8) is 0 Å². The van der Waals surface area contributed by atoms with Gasteiger partial charge in [-0.25, -0.2) is 18.1 Å². The molecule has 1 atom stereocenters. The van der Waals surface area contributed by atoms with Gasteiger partial charge in [-0.1, -0.05) is 23.9 Å². The number of H-pyrrole nitrogens is 1. The molecule has 0 saturated carbocycles. The largest absolute Gasteiger partial charge is 0.333 e. The maximum Gasteiger partial charge on any atom is 0.240 e. The minimum absolute atomic E-state index is 0.156. The van der Waals surface area contributed by atoms with E-state index in [1.165, 1.54) is 23.9 Å². The summed E-state index contributed by atoms with van der Waals surface area (Å²) in [6.45, 7) is 5.30. The Morgan fingerprint density at radius 3 is 2.39 bits per heavy atom. The number of imidazole rings is 1. The van der Waals surface area contributed by atoms with Crippen molar-refractivity contribution < 1.29 is 13.2 Å². The van der Waals surface area contributed by atoms with Crippen LogP contribution in [-0.2, 0) is 14.8 Å². The van der Waals surface area contributed by atoms with Gasteiger partial charge in [0.15, 0.2) is 5.16 Å². The van der Waals surface area contributed by atoms with Crippen molar-refractivity contribution in [2.45, 2.75) is 42.1 Å². The second kappa shape index (κ2) is 8.34. The Morgan fingerprint density at radius 2 is 1.75 bits per heavy atom. The second-order valence-corrected chi connectivity index (χ2v) is 9.65. The molecule has 7 nitrogen and oxygen atoms in total. The van der Waals surface area contributed by atoms with Crippen LogP contribution in [0.3, 0.4) is 0 Å². The quantitative estimate of drug-likeness (QED) is 0.510. The molecule has 3 aromatic rings. The molecule has 1 unspecified atom stereocenters. The zero-order valence-corrected chi connectivity index (χ0v) is 17.4. The molecular formula is C19H22N4O3S2. The molecule has 0 fully saturated rings. The van der Waals surface area contributed by atoms with E-state index in [1.807, 2.05) is 24.3 Å². The van der Waals surface area contributed by atoms with Gasteiger partial charge in [-0.05, 0) is 57.2 Å². The molecule has 3 rings (SSSR count). The maximum atomic E-state index is 12.5. The lowest BCUT2D eigenvalue weighted by Crippen LogP contribution is -2.30. The van der Waals surface area contributed by atoms with Crippen LogP contribution in [0.1, 0.15) is 20.8 Å². The van der Waals surface area contributed by atoms with E-state index < -0.39 is 10.0 Å². The predicted molar refractivity (Wildman–Crippen MR) is 112 cm³/mol. The van der Waals surface area contributed by atoms with Gasteiger partial charge in [0.25, 0.3) is 0 Å². The molecule has 0 aliphatic heterocycles. The number of fused-ring (bicyclic) bond motifs is 1. The molecular weight excluding hydrogens is 396 g/mol. The third kappa shape index (κ3) is 4.92. The first-order chi connectivity index (χ1) is 13.2. The highest BCUT2D eigenvalue weighted by Crippen LogP contribution is 2.24. The highest BCUT2D eigenvalue weighted by molar-refractivity contribution is 8.00. The fourth-order valence-corrected chi connectivity index (χ4v) is 4.62. The number of sulfonamides is 1. The molecule has 2 aromatic carbocycles. The van der Waals surface area contributed by atoms with Crippen molar-refractivity contribution >= 4 is 44.4 Å². The summed E-state index contributed by atoms with van der Waals surface area (Å²) in [4.78, 5) is 20.3. The Balaban J connectivity index is 1.63. The van der Waals surface area contributed by atoms with Crippen LogP contribution in [0.5, 0.6) is 0 Å². The SMILES string of the molecule is CC(C)NS(=O)(=O)c1ccc(NC(=O)C(C)Sc2nc3ccccc3[nH]2)cc1. The van der Waals surface area contributed by atoms with Crippen LogP contribution in [0, 0.1) is 0 Å². The average Bonchev–Trinajstić information content (AvgIpc) is 3.03. The number of nitrogens with one attached hydrogen (secondary N) is 3. The van der Waals surface area contributed by atoms with Crippen LogP contribution >= 0.6 is 11.8 Å². The predicted octanol–water partition coefficient (Wildman–Crippen LogP) is 3.37. The van der Waals surface area contributed by atoms with Crippen LogP contribution < -0.4 is 10.0 Å². The average molecular weight is 419 g/mol. The number of hydrogen-bond acceptors (Lipinski definition) is 5. The molecule has 3 N–H and O–H groups in total. The van der Waals surface area contributed by atoms with E-state index in [1.54, 1.807) is 32.9 Å². The number of nitrogens with zero attached hydrogens (tertiary/aromatic N) is 1. The number of anilines is 1. The summed E-state index contributed by atoms with van der Waals surface area (Å²) >= 11 is 1.33. The molecule has 148 valence electrons. The summed E-state index contributed by atoms with van der Waals surface area (Å²) in [5, 5.41) is 3.09. The third-order valence-electron chi connectivity index (χ3n) is 3.85. The summed E-state index contributed by atoms with van der Waals surface area (Å²) in [7, 11) is -3.55. The van der Waals surface area contributed by atoms with Gasteiger partial charge in [0, 0.05) is 11.7 Å². The van der Waals surface area contributed by atoms with Crippen molar-refractivity contribution in [2.24, 2.45) is 0 Å². The molecule has 0 aliphatic rings. The van der Waals surface area contributed by atoms with E-state index in [9.17, 15) is 13.2 Å².